The minimum atomic E-state index is -0.720. The molecule has 0 saturated carbocycles. The van der Waals surface area contributed by atoms with Crippen molar-refractivity contribution in [3.05, 3.63) is 35.1 Å². The number of hydrogen-bond donors (Lipinski definition) is 1. The number of rotatable bonds is 2. The molecule has 0 spiro atoms. The van der Waals surface area contributed by atoms with Gasteiger partial charge in [-0.15, -0.1) is 0 Å². The summed E-state index contributed by atoms with van der Waals surface area (Å²) in [7, 11) is 0. The molecule has 0 bridgehead atoms. The summed E-state index contributed by atoms with van der Waals surface area (Å²) in [5, 5.41) is 0. The Morgan fingerprint density at radius 1 is 1.43 bits per heavy atom. The molecule has 3 heteroatoms. The van der Waals surface area contributed by atoms with Crippen molar-refractivity contribution < 1.29 is 9.18 Å². The Hall–Kier alpha value is -1.38. The van der Waals surface area contributed by atoms with E-state index >= 15 is 0 Å². The summed E-state index contributed by atoms with van der Waals surface area (Å²) in [4.78, 5) is 10.7. The zero-order chi connectivity index (χ0) is 11.1. The number of primary amides is 1. The third-order valence-corrected chi connectivity index (χ3v) is 1.73. The van der Waals surface area contributed by atoms with Gasteiger partial charge in [0.2, 0.25) is 0 Å². The first kappa shape index (κ1) is 12.6. The molecule has 0 aliphatic carbocycles. The lowest BCUT2D eigenvalue weighted by Gasteiger charge is -2.02. The van der Waals surface area contributed by atoms with Crippen LogP contribution in [0.25, 0.3) is 0 Å². The molecular formula is C11H16FNO. The lowest BCUT2D eigenvalue weighted by atomic mass is 10.1. The van der Waals surface area contributed by atoms with Crippen LogP contribution < -0.4 is 5.73 Å². The van der Waals surface area contributed by atoms with Crippen molar-refractivity contribution in [1.82, 2.24) is 0 Å². The van der Waals surface area contributed by atoms with Crippen molar-refractivity contribution in [2.75, 3.05) is 0 Å². The first-order chi connectivity index (χ1) is 6.66. The van der Waals surface area contributed by atoms with Gasteiger partial charge >= 0.3 is 0 Å². The van der Waals surface area contributed by atoms with Crippen LogP contribution in [0.1, 0.15) is 36.7 Å². The average molecular weight is 197 g/mol. The zero-order valence-corrected chi connectivity index (χ0v) is 8.80. The highest BCUT2D eigenvalue weighted by molar-refractivity contribution is 5.93. The topological polar surface area (TPSA) is 43.1 Å². The number of amides is 1. The maximum atomic E-state index is 13.2. The van der Waals surface area contributed by atoms with E-state index in [1.54, 1.807) is 12.1 Å². The second-order valence-corrected chi connectivity index (χ2v) is 2.50. The number of nitrogens with two attached hydrogens (primary N) is 1. The van der Waals surface area contributed by atoms with E-state index < -0.39 is 11.7 Å². The Bertz CT molecular complexity index is 310. The van der Waals surface area contributed by atoms with Crippen LogP contribution in [0.3, 0.4) is 0 Å². The molecule has 14 heavy (non-hydrogen) atoms. The van der Waals surface area contributed by atoms with Crippen LogP contribution in [-0.2, 0) is 6.42 Å². The van der Waals surface area contributed by atoms with Gasteiger partial charge in [0.25, 0.3) is 5.91 Å². The molecule has 1 rings (SSSR count). The largest absolute Gasteiger partial charge is 0.366 e. The monoisotopic (exact) mass is 197 g/mol. The van der Waals surface area contributed by atoms with E-state index in [2.05, 4.69) is 0 Å². The molecule has 1 aromatic carbocycles. The van der Waals surface area contributed by atoms with Crippen molar-refractivity contribution in [3.63, 3.8) is 0 Å². The molecule has 78 valence electrons. The Kier molecular flexibility index (Phi) is 5.53. The Morgan fingerprint density at radius 2 is 2.00 bits per heavy atom. The van der Waals surface area contributed by atoms with Gasteiger partial charge in [0.1, 0.15) is 5.82 Å². The van der Waals surface area contributed by atoms with Crippen LogP contribution in [0.4, 0.5) is 4.39 Å². The number of carbonyl (C=O) groups excluding carboxylic acids is 1. The summed E-state index contributed by atoms with van der Waals surface area (Å²) in [5.41, 5.74) is 5.45. The molecule has 0 unspecified atom stereocenters. The van der Waals surface area contributed by atoms with E-state index in [9.17, 15) is 9.18 Å². The minimum absolute atomic E-state index is 0.0330. The third-order valence-electron chi connectivity index (χ3n) is 1.73. The molecule has 0 radical (unpaired) electrons. The molecule has 2 N–H and O–H groups in total. The van der Waals surface area contributed by atoms with Crippen LogP contribution in [0.15, 0.2) is 18.2 Å². The smallest absolute Gasteiger partial charge is 0.251 e. The fourth-order valence-corrected chi connectivity index (χ4v) is 1.04. The van der Waals surface area contributed by atoms with Gasteiger partial charge in [0.05, 0.1) is 5.56 Å². The summed E-state index contributed by atoms with van der Waals surface area (Å²) < 4.78 is 13.2. The van der Waals surface area contributed by atoms with Gasteiger partial charge in [-0.1, -0.05) is 32.9 Å². The van der Waals surface area contributed by atoms with E-state index in [-0.39, 0.29) is 5.56 Å². The van der Waals surface area contributed by atoms with E-state index in [1.807, 2.05) is 20.8 Å². The number of carbonyl (C=O) groups is 1. The second-order valence-electron chi connectivity index (χ2n) is 2.50. The fraction of sp³-hybridized carbons (Fsp3) is 0.364. The standard InChI is InChI=1S/C9H10FNO.C2H6/c1-2-6-4-3-5-7(8(6)10)9(11)12;1-2/h3-5H,2H2,1H3,(H2,11,12);1-2H3. The predicted molar refractivity (Wildman–Crippen MR) is 55.6 cm³/mol. The molecular weight excluding hydrogens is 181 g/mol. The minimum Gasteiger partial charge on any atom is -0.366 e. The quantitative estimate of drug-likeness (QED) is 0.777. The number of benzene rings is 1. The average Bonchev–Trinajstić information content (AvgIpc) is 2.21. The molecule has 0 atom stereocenters. The normalized spacial score (nSPS) is 8.86. The molecule has 0 heterocycles. The third kappa shape index (κ3) is 2.83. The highest BCUT2D eigenvalue weighted by Crippen LogP contribution is 2.12. The van der Waals surface area contributed by atoms with Gasteiger partial charge in [0, 0.05) is 0 Å². The lowest BCUT2D eigenvalue weighted by Crippen LogP contribution is -2.13. The van der Waals surface area contributed by atoms with Crippen molar-refractivity contribution in [3.8, 4) is 0 Å². The number of halogens is 1. The maximum Gasteiger partial charge on any atom is 0.251 e. The first-order valence-corrected chi connectivity index (χ1v) is 4.74. The predicted octanol–water partition coefficient (Wildman–Crippen LogP) is 2.51. The van der Waals surface area contributed by atoms with Gasteiger partial charge in [0.15, 0.2) is 0 Å². The van der Waals surface area contributed by atoms with Crippen LogP contribution in [0.5, 0.6) is 0 Å². The SMILES string of the molecule is CC.CCc1cccc(C(N)=O)c1F. The maximum absolute atomic E-state index is 13.2. The van der Waals surface area contributed by atoms with Crippen LogP contribution in [0, 0.1) is 5.82 Å². The summed E-state index contributed by atoms with van der Waals surface area (Å²) in [6, 6.07) is 4.65. The van der Waals surface area contributed by atoms with Crippen LogP contribution in [-0.4, -0.2) is 5.91 Å². The van der Waals surface area contributed by atoms with Gasteiger partial charge in [-0.2, -0.15) is 0 Å². The van der Waals surface area contributed by atoms with Gasteiger partial charge in [-0.05, 0) is 18.1 Å². The Balaban J connectivity index is 0.000000791. The molecule has 0 saturated heterocycles. The first-order valence-electron chi connectivity index (χ1n) is 4.74. The summed E-state index contributed by atoms with van der Waals surface area (Å²) in [5.74, 6) is -1.21. The lowest BCUT2D eigenvalue weighted by molar-refractivity contribution is 0.0996. The van der Waals surface area contributed by atoms with Crippen LogP contribution >= 0.6 is 0 Å². The van der Waals surface area contributed by atoms with Crippen LogP contribution in [0.2, 0.25) is 0 Å². The zero-order valence-electron chi connectivity index (χ0n) is 8.80. The van der Waals surface area contributed by atoms with Crippen molar-refractivity contribution in [1.29, 1.82) is 0 Å². The van der Waals surface area contributed by atoms with Gasteiger partial charge in [-0.25, -0.2) is 4.39 Å². The highest BCUT2D eigenvalue weighted by atomic mass is 19.1. The molecule has 1 amide bonds. The van der Waals surface area contributed by atoms with E-state index in [4.69, 9.17) is 5.73 Å². The van der Waals surface area contributed by atoms with Crippen molar-refractivity contribution in [2.45, 2.75) is 27.2 Å². The molecule has 1 aromatic rings. The molecule has 2 nitrogen and oxygen atoms in total. The van der Waals surface area contributed by atoms with E-state index in [1.165, 1.54) is 6.07 Å². The van der Waals surface area contributed by atoms with E-state index in [0.717, 1.165) is 0 Å². The molecule has 0 fully saturated rings. The number of hydrogen-bond acceptors (Lipinski definition) is 1. The fourth-order valence-electron chi connectivity index (χ4n) is 1.04. The summed E-state index contributed by atoms with van der Waals surface area (Å²) in [6.07, 6.45) is 0.562. The van der Waals surface area contributed by atoms with Gasteiger partial charge < -0.3 is 5.73 Å². The number of aryl methyl sites for hydroxylation is 1. The van der Waals surface area contributed by atoms with E-state index in [0.29, 0.717) is 12.0 Å². The molecule has 0 aliphatic heterocycles. The highest BCUT2D eigenvalue weighted by Gasteiger charge is 2.09. The Morgan fingerprint density at radius 3 is 2.43 bits per heavy atom. The van der Waals surface area contributed by atoms with Crippen molar-refractivity contribution >= 4 is 5.91 Å². The second kappa shape index (κ2) is 6.13. The molecule has 0 aromatic heterocycles. The van der Waals surface area contributed by atoms with Gasteiger partial charge in [-0.3, -0.25) is 4.79 Å². The summed E-state index contributed by atoms with van der Waals surface area (Å²) >= 11 is 0. The Labute approximate surface area is 83.9 Å². The summed E-state index contributed by atoms with van der Waals surface area (Å²) in [6.45, 7) is 5.82. The molecule has 0 aliphatic rings. The van der Waals surface area contributed by atoms with Crippen molar-refractivity contribution in [2.24, 2.45) is 5.73 Å².